The number of amides is 1. The Balaban J connectivity index is 1.78. The standard InChI is InChI=1S/C26H27ClFNO2/c1-18(29-25(30)26(2,3)31-21-15-13-20(28)14-16-21)23(17-19-9-5-4-6-10-19)22-11-7-8-12-24(22)27/h4-16,18,23H,17H2,1-3H3,(H,29,30). The average molecular weight is 440 g/mol. The summed E-state index contributed by atoms with van der Waals surface area (Å²) in [6.07, 6.45) is 0.727. The van der Waals surface area contributed by atoms with Gasteiger partial charge in [-0.15, -0.1) is 0 Å². The SMILES string of the molecule is CC(NC(=O)C(C)(C)Oc1ccc(F)cc1)C(Cc1ccccc1)c1ccccc1Cl. The predicted octanol–water partition coefficient (Wildman–Crippen LogP) is 6.17. The van der Waals surface area contributed by atoms with E-state index in [1.165, 1.54) is 24.3 Å². The zero-order chi connectivity index (χ0) is 22.4. The van der Waals surface area contributed by atoms with Crippen molar-refractivity contribution in [3.05, 3.63) is 101 Å². The number of ether oxygens (including phenoxy) is 1. The van der Waals surface area contributed by atoms with Crippen LogP contribution in [0, 0.1) is 5.82 Å². The molecule has 0 radical (unpaired) electrons. The molecule has 0 fully saturated rings. The maximum absolute atomic E-state index is 13.2. The van der Waals surface area contributed by atoms with Crippen LogP contribution in [0.2, 0.25) is 5.02 Å². The van der Waals surface area contributed by atoms with Crippen LogP contribution in [0.15, 0.2) is 78.9 Å². The summed E-state index contributed by atoms with van der Waals surface area (Å²) < 4.78 is 19.0. The first-order chi connectivity index (χ1) is 14.8. The highest BCUT2D eigenvalue weighted by molar-refractivity contribution is 6.31. The van der Waals surface area contributed by atoms with E-state index < -0.39 is 5.60 Å². The van der Waals surface area contributed by atoms with E-state index in [1.807, 2.05) is 49.4 Å². The first-order valence-electron chi connectivity index (χ1n) is 10.3. The van der Waals surface area contributed by atoms with Gasteiger partial charge in [-0.1, -0.05) is 60.1 Å². The molecule has 0 aromatic heterocycles. The minimum Gasteiger partial charge on any atom is -0.478 e. The molecule has 0 spiro atoms. The molecule has 3 aromatic carbocycles. The van der Waals surface area contributed by atoms with Crippen LogP contribution in [-0.4, -0.2) is 17.6 Å². The van der Waals surface area contributed by atoms with Gasteiger partial charge in [0.1, 0.15) is 11.6 Å². The fourth-order valence-electron chi connectivity index (χ4n) is 3.52. The van der Waals surface area contributed by atoms with Crippen LogP contribution in [0.4, 0.5) is 4.39 Å². The Morgan fingerprint density at radius 3 is 2.26 bits per heavy atom. The molecular weight excluding hydrogens is 413 g/mol. The molecule has 0 aliphatic rings. The zero-order valence-corrected chi connectivity index (χ0v) is 18.7. The number of halogens is 2. The molecule has 0 aliphatic heterocycles. The molecule has 5 heteroatoms. The van der Waals surface area contributed by atoms with E-state index in [-0.39, 0.29) is 23.7 Å². The summed E-state index contributed by atoms with van der Waals surface area (Å²) in [7, 11) is 0. The lowest BCUT2D eigenvalue weighted by atomic mass is 9.86. The molecule has 3 nitrogen and oxygen atoms in total. The van der Waals surface area contributed by atoms with E-state index >= 15 is 0 Å². The second-order valence-electron chi connectivity index (χ2n) is 8.15. The summed E-state index contributed by atoms with van der Waals surface area (Å²) in [6, 6.07) is 23.3. The average Bonchev–Trinajstić information content (AvgIpc) is 2.75. The van der Waals surface area contributed by atoms with Gasteiger partial charge in [0.2, 0.25) is 0 Å². The molecule has 0 bridgehead atoms. The van der Waals surface area contributed by atoms with Crippen molar-refractivity contribution in [2.24, 2.45) is 0 Å². The Morgan fingerprint density at radius 1 is 1.00 bits per heavy atom. The Kier molecular flexibility index (Phi) is 7.34. The Morgan fingerprint density at radius 2 is 1.61 bits per heavy atom. The lowest BCUT2D eigenvalue weighted by Crippen LogP contribution is -2.51. The predicted molar refractivity (Wildman–Crippen MR) is 123 cm³/mol. The van der Waals surface area contributed by atoms with Gasteiger partial charge in [-0.3, -0.25) is 4.79 Å². The minimum atomic E-state index is -1.14. The summed E-state index contributed by atoms with van der Waals surface area (Å²) >= 11 is 6.51. The van der Waals surface area contributed by atoms with E-state index in [0.29, 0.717) is 10.8 Å². The van der Waals surface area contributed by atoms with Gasteiger partial charge < -0.3 is 10.1 Å². The zero-order valence-electron chi connectivity index (χ0n) is 17.9. The topological polar surface area (TPSA) is 38.3 Å². The fraction of sp³-hybridized carbons (Fsp3) is 0.269. The third kappa shape index (κ3) is 6.08. The normalized spacial score (nSPS) is 13.3. The maximum Gasteiger partial charge on any atom is 0.263 e. The van der Waals surface area contributed by atoms with E-state index in [1.54, 1.807) is 13.8 Å². The van der Waals surface area contributed by atoms with Crippen molar-refractivity contribution >= 4 is 17.5 Å². The van der Waals surface area contributed by atoms with Crippen LogP contribution in [0.1, 0.15) is 37.8 Å². The molecule has 0 saturated heterocycles. The van der Waals surface area contributed by atoms with Gasteiger partial charge in [0, 0.05) is 17.0 Å². The minimum absolute atomic E-state index is 0.0262. The molecule has 2 atom stereocenters. The molecule has 3 aromatic rings. The Labute approximate surface area is 188 Å². The van der Waals surface area contributed by atoms with Crippen molar-refractivity contribution in [2.75, 3.05) is 0 Å². The molecular formula is C26H27ClFNO2. The summed E-state index contributed by atoms with van der Waals surface area (Å²) in [6.45, 7) is 5.36. The highest BCUT2D eigenvalue weighted by Gasteiger charge is 2.33. The molecule has 1 N–H and O–H groups in total. The molecule has 0 saturated carbocycles. The first kappa shape index (κ1) is 22.8. The molecule has 0 aliphatic carbocycles. The maximum atomic E-state index is 13.2. The number of nitrogens with one attached hydrogen (secondary N) is 1. The third-order valence-corrected chi connectivity index (χ3v) is 5.64. The van der Waals surface area contributed by atoms with Crippen molar-refractivity contribution in [2.45, 2.75) is 44.8 Å². The summed E-state index contributed by atoms with van der Waals surface area (Å²) in [5, 5.41) is 3.77. The van der Waals surface area contributed by atoms with Gasteiger partial charge in [0.05, 0.1) is 0 Å². The van der Waals surface area contributed by atoms with Crippen LogP contribution in [0.5, 0.6) is 5.75 Å². The summed E-state index contributed by atoms with van der Waals surface area (Å²) in [5.41, 5.74) is 1.01. The Bertz CT molecular complexity index is 1010. The number of hydrogen-bond donors (Lipinski definition) is 1. The van der Waals surface area contributed by atoms with Gasteiger partial charge in [0.25, 0.3) is 5.91 Å². The van der Waals surface area contributed by atoms with Crippen LogP contribution >= 0.6 is 11.6 Å². The van der Waals surface area contributed by atoms with Crippen LogP contribution in [0.25, 0.3) is 0 Å². The van der Waals surface area contributed by atoms with Gasteiger partial charge in [-0.2, -0.15) is 0 Å². The van der Waals surface area contributed by atoms with E-state index in [0.717, 1.165) is 17.5 Å². The van der Waals surface area contributed by atoms with Crippen LogP contribution in [0.3, 0.4) is 0 Å². The lowest BCUT2D eigenvalue weighted by Gasteiger charge is -2.31. The van der Waals surface area contributed by atoms with E-state index in [2.05, 4.69) is 17.4 Å². The highest BCUT2D eigenvalue weighted by atomic mass is 35.5. The van der Waals surface area contributed by atoms with E-state index in [9.17, 15) is 9.18 Å². The lowest BCUT2D eigenvalue weighted by molar-refractivity contribution is -0.135. The van der Waals surface area contributed by atoms with Crippen molar-refractivity contribution in [3.63, 3.8) is 0 Å². The third-order valence-electron chi connectivity index (χ3n) is 5.30. The Hall–Kier alpha value is -2.85. The monoisotopic (exact) mass is 439 g/mol. The number of benzene rings is 3. The van der Waals surface area contributed by atoms with Crippen LogP contribution in [-0.2, 0) is 11.2 Å². The van der Waals surface area contributed by atoms with Crippen molar-refractivity contribution in [3.8, 4) is 5.75 Å². The number of rotatable bonds is 8. The van der Waals surface area contributed by atoms with Crippen LogP contribution < -0.4 is 10.1 Å². The number of carbonyl (C=O) groups excluding carboxylic acids is 1. The van der Waals surface area contributed by atoms with Crippen molar-refractivity contribution < 1.29 is 13.9 Å². The molecule has 0 heterocycles. The first-order valence-corrected chi connectivity index (χ1v) is 10.7. The number of hydrogen-bond acceptors (Lipinski definition) is 2. The molecule has 2 unspecified atom stereocenters. The highest BCUT2D eigenvalue weighted by Crippen LogP contribution is 2.31. The van der Waals surface area contributed by atoms with E-state index in [4.69, 9.17) is 16.3 Å². The second kappa shape index (κ2) is 9.97. The van der Waals surface area contributed by atoms with Gasteiger partial charge in [0.15, 0.2) is 5.60 Å². The van der Waals surface area contributed by atoms with Gasteiger partial charge >= 0.3 is 0 Å². The summed E-state index contributed by atoms with van der Waals surface area (Å²) in [4.78, 5) is 13.1. The van der Waals surface area contributed by atoms with Gasteiger partial charge in [-0.05, 0) is 68.7 Å². The summed E-state index contributed by atoms with van der Waals surface area (Å²) in [5.74, 6) is -0.205. The van der Waals surface area contributed by atoms with Crippen molar-refractivity contribution in [1.82, 2.24) is 5.32 Å². The molecule has 1 amide bonds. The number of carbonyl (C=O) groups is 1. The fourth-order valence-corrected chi connectivity index (χ4v) is 3.80. The van der Waals surface area contributed by atoms with Gasteiger partial charge in [-0.25, -0.2) is 4.39 Å². The largest absolute Gasteiger partial charge is 0.478 e. The second-order valence-corrected chi connectivity index (χ2v) is 8.55. The quantitative estimate of drug-likeness (QED) is 0.456. The molecule has 162 valence electrons. The van der Waals surface area contributed by atoms with Crippen molar-refractivity contribution in [1.29, 1.82) is 0 Å². The molecule has 31 heavy (non-hydrogen) atoms. The smallest absolute Gasteiger partial charge is 0.263 e. The molecule has 3 rings (SSSR count).